The van der Waals surface area contributed by atoms with Crippen LogP contribution < -0.4 is 21.1 Å². The lowest BCUT2D eigenvalue weighted by Crippen LogP contribution is -2.27. The SMILES string of the molecule is COc1cc(NCCC(=O)NC2CC2)nc(N)n1. The average Bonchev–Trinajstić information content (AvgIpc) is 3.12. The van der Waals surface area contributed by atoms with Gasteiger partial charge >= 0.3 is 0 Å². The highest BCUT2D eigenvalue weighted by molar-refractivity contribution is 5.77. The van der Waals surface area contributed by atoms with E-state index < -0.39 is 0 Å². The van der Waals surface area contributed by atoms with Gasteiger partial charge in [0.25, 0.3) is 0 Å². The number of hydrogen-bond acceptors (Lipinski definition) is 6. The molecule has 1 heterocycles. The summed E-state index contributed by atoms with van der Waals surface area (Å²) in [6.45, 7) is 0.498. The molecule has 0 saturated heterocycles. The summed E-state index contributed by atoms with van der Waals surface area (Å²) in [5, 5.41) is 5.93. The van der Waals surface area contributed by atoms with E-state index in [0.717, 1.165) is 12.8 Å². The molecular formula is C11H17N5O2. The molecule has 2 rings (SSSR count). The first kappa shape index (κ1) is 12.4. The number of aromatic nitrogens is 2. The summed E-state index contributed by atoms with van der Waals surface area (Å²) >= 11 is 0. The van der Waals surface area contributed by atoms with Crippen LogP contribution in [-0.2, 0) is 4.79 Å². The summed E-state index contributed by atoms with van der Waals surface area (Å²) < 4.78 is 4.97. The summed E-state index contributed by atoms with van der Waals surface area (Å²) in [5.41, 5.74) is 5.52. The molecule has 1 aliphatic rings. The minimum atomic E-state index is 0.0546. The first-order valence-corrected chi connectivity index (χ1v) is 5.89. The van der Waals surface area contributed by atoms with Crippen LogP contribution in [0.4, 0.5) is 11.8 Å². The van der Waals surface area contributed by atoms with Crippen LogP contribution in [0, 0.1) is 0 Å². The normalized spacial score (nSPS) is 14.1. The van der Waals surface area contributed by atoms with Crippen molar-refractivity contribution in [1.29, 1.82) is 0 Å². The molecule has 1 amide bonds. The number of rotatable bonds is 6. The van der Waals surface area contributed by atoms with Crippen molar-refractivity contribution in [2.24, 2.45) is 0 Å². The molecule has 4 N–H and O–H groups in total. The molecule has 7 heteroatoms. The van der Waals surface area contributed by atoms with E-state index in [2.05, 4.69) is 20.6 Å². The lowest BCUT2D eigenvalue weighted by Gasteiger charge is -2.07. The Morgan fingerprint density at radius 3 is 3.00 bits per heavy atom. The summed E-state index contributed by atoms with van der Waals surface area (Å²) in [5.74, 6) is 1.14. The Labute approximate surface area is 105 Å². The number of nitrogens with one attached hydrogen (secondary N) is 2. The molecular weight excluding hydrogens is 234 g/mol. The second-order valence-electron chi connectivity index (χ2n) is 4.17. The Morgan fingerprint density at radius 2 is 2.33 bits per heavy atom. The van der Waals surface area contributed by atoms with Crippen LogP contribution in [0.25, 0.3) is 0 Å². The van der Waals surface area contributed by atoms with E-state index in [4.69, 9.17) is 10.5 Å². The fourth-order valence-electron chi connectivity index (χ4n) is 1.47. The van der Waals surface area contributed by atoms with Gasteiger partial charge in [-0.2, -0.15) is 9.97 Å². The summed E-state index contributed by atoms with van der Waals surface area (Å²) in [7, 11) is 1.51. The van der Waals surface area contributed by atoms with Crippen LogP contribution >= 0.6 is 0 Å². The molecule has 7 nitrogen and oxygen atoms in total. The number of nitrogen functional groups attached to an aromatic ring is 1. The van der Waals surface area contributed by atoms with Crippen LogP contribution in [0.3, 0.4) is 0 Å². The Bertz CT molecular complexity index is 433. The van der Waals surface area contributed by atoms with Crippen molar-refractivity contribution in [2.45, 2.75) is 25.3 Å². The summed E-state index contributed by atoms with van der Waals surface area (Å²) in [4.78, 5) is 19.3. The second-order valence-corrected chi connectivity index (χ2v) is 4.17. The predicted molar refractivity (Wildman–Crippen MR) is 67.3 cm³/mol. The van der Waals surface area contributed by atoms with E-state index in [1.54, 1.807) is 6.07 Å². The predicted octanol–water partition coefficient (Wildman–Crippen LogP) is 0.148. The minimum Gasteiger partial charge on any atom is -0.481 e. The standard InChI is InChI=1S/C11H17N5O2/c1-18-10-6-8(15-11(12)16-10)13-5-4-9(17)14-7-2-3-7/h6-7H,2-5H2,1H3,(H,14,17)(H3,12,13,15,16). The Kier molecular flexibility index (Phi) is 3.81. The number of nitrogens with zero attached hydrogens (tertiary/aromatic N) is 2. The fourth-order valence-corrected chi connectivity index (χ4v) is 1.47. The van der Waals surface area contributed by atoms with Gasteiger partial charge in [0, 0.05) is 25.1 Å². The highest BCUT2D eigenvalue weighted by Crippen LogP contribution is 2.18. The molecule has 0 spiro atoms. The zero-order valence-corrected chi connectivity index (χ0v) is 10.3. The maximum absolute atomic E-state index is 11.4. The molecule has 0 atom stereocenters. The second kappa shape index (κ2) is 5.52. The van der Waals surface area contributed by atoms with E-state index in [-0.39, 0.29) is 11.9 Å². The molecule has 0 bridgehead atoms. The van der Waals surface area contributed by atoms with Crippen LogP contribution in [0.2, 0.25) is 0 Å². The quantitative estimate of drug-likeness (QED) is 0.665. The van der Waals surface area contributed by atoms with Gasteiger partial charge in [0.15, 0.2) is 0 Å². The zero-order valence-electron chi connectivity index (χ0n) is 10.3. The number of carbonyl (C=O) groups is 1. The lowest BCUT2D eigenvalue weighted by atomic mass is 10.4. The van der Waals surface area contributed by atoms with Crippen LogP contribution in [0.15, 0.2) is 6.07 Å². The number of anilines is 2. The number of nitrogens with two attached hydrogens (primary N) is 1. The molecule has 1 fully saturated rings. The van der Waals surface area contributed by atoms with Gasteiger partial charge in [-0.25, -0.2) is 0 Å². The van der Waals surface area contributed by atoms with Gasteiger partial charge < -0.3 is 21.1 Å². The van der Waals surface area contributed by atoms with Crippen LogP contribution in [0.1, 0.15) is 19.3 Å². The number of carbonyl (C=O) groups excluding carboxylic acids is 1. The smallest absolute Gasteiger partial charge is 0.225 e. The Morgan fingerprint density at radius 1 is 1.56 bits per heavy atom. The summed E-state index contributed by atoms with van der Waals surface area (Å²) in [6.07, 6.45) is 2.60. The molecule has 98 valence electrons. The summed E-state index contributed by atoms with van der Waals surface area (Å²) in [6, 6.07) is 2.03. The number of amides is 1. The van der Waals surface area contributed by atoms with Crippen molar-refractivity contribution in [1.82, 2.24) is 15.3 Å². The maximum atomic E-state index is 11.4. The zero-order chi connectivity index (χ0) is 13.0. The van der Waals surface area contributed by atoms with Gasteiger partial charge in [-0.15, -0.1) is 0 Å². The van der Waals surface area contributed by atoms with Crippen molar-refractivity contribution in [3.05, 3.63) is 6.07 Å². The van der Waals surface area contributed by atoms with Crippen molar-refractivity contribution in [3.8, 4) is 5.88 Å². The number of hydrogen-bond donors (Lipinski definition) is 3. The first-order valence-electron chi connectivity index (χ1n) is 5.89. The average molecular weight is 251 g/mol. The van der Waals surface area contributed by atoms with Crippen LogP contribution in [0.5, 0.6) is 5.88 Å². The largest absolute Gasteiger partial charge is 0.481 e. The van der Waals surface area contributed by atoms with Crippen molar-refractivity contribution in [3.63, 3.8) is 0 Å². The van der Waals surface area contributed by atoms with E-state index in [1.165, 1.54) is 7.11 Å². The molecule has 0 radical (unpaired) electrons. The van der Waals surface area contributed by atoms with E-state index in [1.807, 2.05) is 0 Å². The van der Waals surface area contributed by atoms with E-state index >= 15 is 0 Å². The lowest BCUT2D eigenvalue weighted by molar-refractivity contribution is -0.120. The van der Waals surface area contributed by atoms with Crippen LogP contribution in [-0.4, -0.2) is 35.6 Å². The molecule has 18 heavy (non-hydrogen) atoms. The maximum Gasteiger partial charge on any atom is 0.225 e. The van der Waals surface area contributed by atoms with Gasteiger partial charge in [0.1, 0.15) is 5.82 Å². The first-order chi connectivity index (χ1) is 8.67. The molecule has 0 aromatic carbocycles. The molecule has 1 aliphatic carbocycles. The van der Waals surface area contributed by atoms with Gasteiger partial charge in [-0.05, 0) is 12.8 Å². The van der Waals surface area contributed by atoms with E-state index in [0.29, 0.717) is 30.7 Å². The minimum absolute atomic E-state index is 0.0546. The fraction of sp³-hybridized carbons (Fsp3) is 0.545. The van der Waals surface area contributed by atoms with Crippen molar-refractivity contribution >= 4 is 17.7 Å². The molecule has 0 unspecified atom stereocenters. The third kappa shape index (κ3) is 3.76. The van der Waals surface area contributed by atoms with Crippen molar-refractivity contribution < 1.29 is 9.53 Å². The molecule has 1 aromatic rings. The monoisotopic (exact) mass is 251 g/mol. The van der Waals surface area contributed by atoms with Gasteiger partial charge in [-0.3, -0.25) is 4.79 Å². The highest BCUT2D eigenvalue weighted by atomic mass is 16.5. The third-order valence-electron chi connectivity index (χ3n) is 2.53. The highest BCUT2D eigenvalue weighted by Gasteiger charge is 2.22. The van der Waals surface area contributed by atoms with Crippen molar-refractivity contribution in [2.75, 3.05) is 24.7 Å². The molecule has 1 aromatic heterocycles. The molecule has 1 saturated carbocycles. The van der Waals surface area contributed by atoms with E-state index in [9.17, 15) is 4.79 Å². The molecule has 0 aliphatic heterocycles. The Balaban J connectivity index is 1.78. The Hall–Kier alpha value is -2.05. The topological polar surface area (TPSA) is 102 Å². The van der Waals surface area contributed by atoms with Gasteiger partial charge in [0.2, 0.25) is 17.7 Å². The third-order valence-corrected chi connectivity index (χ3v) is 2.53. The number of ether oxygens (including phenoxy) is 1. The van der Waals surface area contributed by atoms with Gasteiger partial charge in [0.05, 0.1) is 7.11 Å². The number of methoxy groups -OCH3 is 1. The van der Waals surface area contributed by atoms with Gasteiger partial charge in [-0.1, -0.05) is 0 Å².